The molecule has 0 N–H and O–H groups in total. The maximum atomic E-state index is 3.06. The molecule has 0 aromatic heterocycles. The van der Waals surface area contributed by atoms with E-state index in [2.05, 4.69) is 48.5 Å². The molecule has 20 unspecified atom stereocenters. The Morgan fingerprint density at radius 1 is 0.794 bits per heavy atom. The Morgan fingerprint density at radius 3 is 2.35 bits per heavy atom. The van der Waals surface area contributed by atoms with Crippen LogP contribution in [0.5, 0.6) is 0 Å². The Balaban J connectivity index is 1.32. The maximum absolute atomic E-state index is 3.06. The molecule has 0 heterocycles. The van der Waals surface area contributed by atoms with E-state index in [1.165, 1.54) is 17.8 Å². The number of rotatable bonds is 1. The molecule has 11 rings (SSSR count). The van der Waals surface area contributed by atoms with Gasteiger partial charge in [0, 0.05) is 0 Å². The van der Waals surface area contributed by atoms with E-state index in [-0.39, 0.29) is 0 Å². The van der Waals surface area contributed by atoms with Crippen molar-refractivity contribution >= 4 is 0 Å². The molecule has 11 saturated carbocycles. The molecule has 0 radical (unpaired) electrons. The lowest BCUT2D eigenvalue weighted by atomic mass is 9.08. The van der Waals surface area contributed by atoms with Gasteiger partial charge in [-0.05, 0) is 160 Å². The van der Waals surface area contributed by atoms with E-state index < -0.39 is 0 Å². The monoisotopic (exact) mass is 456 g/mol. The van der Waals surface area contributed by atoms with Crippen molar-refractivity contribution in [3.05, 3.63) is 0 Å². The van der Waals surface area contributed by atoms with Gasteiger partial charge in [-0.3, -0.25) is 0 Å². The van der Waals surface area contributed by atoms with Crippen LogP contribution in [0.3, 0.4) is 0 Å². The van der Waals surface area contributed by atoms with Crippen LogP contribution in [0.1, 0.15) is 87.0 Å². The second kappa shape index (κ2) is 4.46. The summed E-state index contributed by atoms with van der Waals surface area (Å²) in [7, 11) is 0. The fourth-order valence-corrected chi connectivity index (χ4v) is 21.0. The van der Waals surface area contributed by atoms with Gasteiger partial charge in [0.25, 0.3) is 0 Å². The van der Waals surface area contributed by atoms with Gasteiger partial charge in [-0.1, -0.05) is 48.5 Å². The average molecular weight is 457 g/mol. The third-order valence-corrected chi connectivity index (χ3v) is 19.5. The minimum absolute atomic E-state index is 0.688. The molecular weight excluding hydrogens is 408 g/mol. The van der Waals surface area contributed by atoms with Crippen LogP contribution in [0, 0.1) is 121 Å². The van der Waals surface area contributed by atoms with E-state index in [1.54, 1.807) is 38.5 Å². The molecule has 0 aromatic rings. The molecule has 8 bridgehead atoms. The number of fused-ring (bicyclic) bond motifs is 4. The van der Waals surface area contributed by atoms with Gasteiger partial charge in [0.2, 0.25) is 0 Å². The van der Waals surface area contributed by atoms with E-state index in [0.29, 0.717) is 5.41 Å². The molecule has 0 amide bonds. The summed E-state index contributed by atoms with van der Waals surface area (Å²) in [4.78, 5) is 0. The number of hydrogen-bond donors (Lipinski definition) is 0. The predicted octanol–water partition coefficient (Wildman–Crippen LogP) is 7.78. The van der Waals surface area contributed by atoms with E-state index in [9.17, 15) is 0 Å². The zero-order valence-corrected chi connectivity index (χ0v) is 22.9. The van der Waals surface area contributed by atoms with Crippen molar-refractivity contribution in [2.24, 2.45) is 121 Å². The molecule has 5 spiro atoms. The van der Waals surface area contributed by atoms with E-state index in [1.807, 2.05) is 0 Å². The van der Waals surface area contributed by atoms with Gasteiger partial charge >= 0.3 is 0 Å². The van der Waals surface area contributed by atoms with Crippen LogP contribution >= 0.6 is 0 Å². The van der Waals surface area contributed by atoms with Crippen molar-refractivity contribution in [1.82, 2.24) is 0 Å². The summed E-state index contributed by atoms with van der Waals surface area (Å²) in [6.45, 7) is 19.7. The second-order valence-corrected chi connectivity index (χ2v) is 18.1. The molecule has 184 valence electrons. The van der Waals surface area contributed by atoms with Crippen LogP contribution in [0.15, 0.2) is 0 Å². The first-order valence-electron chi connectivity index (χ1n) is 16.2. The maximum Gasteiger partial charge on any atom is -0.0108 e. The quantitative estimate of drug-likeness (QED) is 0.378. The highest BCUT2D eigenvalue weighted by Crippen LogP contribution is 3.13. The Morgan fingerprint density at radius 2 is 1.59 bits per heavy atom. The second-order valence-electron chi connectivity index (χ2n) is 18.1. The molecule has 0 heteroatoms. The minimum atomic E-state index is 0.688. The smallest absolute Gasteiger partial charge is 0.0108 e. The van der Waals surface area contributed by atoms with Gasteiger partial charge in [-0.25, -0.2) is 0 Å². The normalized spacial score (nSPS) is 84.0. The molecule has 11 aliphatic rings. The molecule has 0 saturated heterocycles. The van der Waals surface area contributed by atoms with Gasteiger partial charge in [0.15, 0.2) is 0 Å². The predicted molar refractivity (Wildman–Crippen MR) is 134 cm³/mol. The first-order chi connectivity index (χ1) is 16.2. The van der Waals surface area contributed by atoms with Crippen LogP contribution in [0.2, 0.25) is 0 Å². The molecule has 0 aromatic carbocycles. The zero-order valence-electron chi connectivity index (χ0n) is 22.9. The zero-order chi connectivity index (χ0) is 22.9. The highest BCUT2D eigenvalue weighted by Gasteiger charge is 3.09. The molecule has 0 aliphatic heterocycles. The fourth-order valence-electron chi connectivity index (χ4n) is 21.0. The minimum Gasteiger partial charge on any atom is -0.0625 e. The largest absolute Gasteiger partial charge is 0.0625 e. The van der Waals surface area contributed by atoms with E-state index >= 15 is 0 Å². The number of hydrogen-bond acceptors (Lipinski definition) is 0. The van der Waals surface area contributed by atoms with Crippen LogP contribution in [-0.4, -0.2) is 0 Å². The van der Waals surface area contributed by atoms with Crippen molar-refractivity contribution in [2.75, 3.05) is 0 Å². The first kappa shape index (κ1) is 19.1. The summed E-state index contributed by atoms with van der Waals surface area (Å²) in [6.07, 6.45) is 10.1. The summed E-state index contributed by atoms with van der Waals surface area (Å²) < 4.78 is 0. The van der Waals surface area contributed by atoms with Crippen molar-refractivity contribution in [2.45, 2.75) is 87.0 Å². The standard InChI is InChI=1S/C34H48/c1-14(2)24-21-10-20-22-12-32(33(24)17(5)15(3)8-16(4)25(20)33)28(21)30-11-19-9-23-27-26(22)29(32,7)34(27,18(30)6)31(19,23)13-30/h14-28H,8-13H2,1-7H3. The van der Waals surface area contributed by atoms with Gasteiger partial charge in [0.05, 0.1) is 0 Å². The Bertz CT molecular complexity index is 1120. The molecule has 0 nitrogen and oxygen atoms in total. The summed E-state index contributed by atoms with van der Waals surface area (Å²) in [5.41, 5.74) is 4.58. The van der Waals surface area contributed by atoms with E-state index in [4.69, 9.17) is 0 Å². The summed E-state index contributed by atoms with van der Waals surface area (Å²) in [5.74, 6) is 16.2. The van der Waals surface area contributed by atoms with Gasteiger partial charge in [0.1, 0.15) is 0 Å². The lowest BCUT2D eigenvalue weighted by molar-refractivity contribution is -0.490. The highest BCUT2D eigenvalue weighted by atomic mass is 15.1. The van der Waals surface area contributed by atoms with Crippen molar-refractivity contribution in [1.29, 1.82) is 0 Å². The molecule has 20 atom stereocenters. The fraction of sp³-hybridized carbons (Fsp3) is 1.00. The summed E-state index contributed by atoms with van der Waals surface area (Å²) >= 11 is 0. The molecule has 34 heavy (non-hydrogen) atoms. The van der Waals surface area contributed by atoms with Crippen LogP contribution in [-0.2, 0) is 0 Å². The lowest BCUT2D eigenvalue weighted by Gasteiger charge is -2.95. The van der Waals surface area contributed by atoms with Gasteiger partial charge < -0.3 is 0 Å². The molecule has 11 aliphatic carbocycles. The summed E-state index contributed by atoms with van der Waals surface area (Å²) in [5, 5.41) is 0. The third kappa shape index (κ3) is 1.06. The van der Waals surface area contributed by atoms with Gasteiger partial charge in [-0.2, -0.15) is 0 Å². The SMILES string of the molecule is CC(C)C1C2CC3C4CC5(C2C26CC7CC8C9C4C5(C)C9(C2C)C78C6)C12C(C)C(C)CC(C)C32. The van der Waals surface area contributed by atoms with E-state index in [0.717, 1.165) is 98.1 Å². The first-order valence-corrected chi connectivity index (χ1v) is 16.2. The average Bonchev–Trinajstić information content (AvgIpc) is 3.29. The van der Waals surface area contributed by atoms with Crippen molar-refractivity contribution in [3.63, 3.8) is 0 Å². The van der Waals surface area contributed by atoms with Crippen LogP contribution in [0.4, 0.5) is 0 Å². The molecule has 11 fully saturated rings. The lowest BCUT2D eigenvalue weighted by Crippen LogP contribution is -2.92. The Labute approximate surface area is 208 Å². The third-order valence-electron chi connectivity index (χ3n) is 19.5. The Kier molecular flexibility index (Phi) is 2.51. The summed E-state index contributed by atoms with van der Waals surface area (Å²) in [6, 6.07) is 0. The van der Waals surface area contributed by atoms with Crippen molar-refractivity contribution in [3.8, 4) is 0 Å². The van der Waals surface area contributed by atoms with Crippen LogP contribution in [0.25, 0.3) is 0 Å². The van der Waals surface area contributed by atoms with Gasteiger partial charge in [-0.15, -0.1) is 0 Å². The Hall–Kier alpha value is 0. The van der Waals surface area contributed by atoms with Crippen molar-refractivity contribution < 1.29 is 0 Å². The van der Waals surface area contributed by atoms with Crippen LogP contribution < -0.4 is 0 Å². The topological polar surface area (TPSA) is 0 Å². The molecular formula is C34H48. The highest BCUT2D eigenvalue weighted by molar-refractivity contribution is 5.56.